The van der Waals surface area contributed by atoms with E-state index in [1.54, 1.807) is 6.92 Å². The summed E-state index contributed by atoms with van der Waals surface area (Å²) in [5, 5.41) is 3.14. The van der Waals surface area contributed by atoms with E-state index in [-0.39, 0.29) is 12.5 Å². The van der Waals surface area contributed by atoms with Gasteiger partial charge in [0.25, 0.3) is 0 Å². The molecule has 134 valence electrons. The number of hydrogen-bond acceptors (Lipinski definition) is 6. The van der Waals surface area contributed by atoms with E-state index in [1.807, 2.05) is 37.3 Å². The molecular formula is C18H22N2O4S. The standard InChI is InChI=1S/C18H22N2O4S/c1-3-23-12-8-11-14(21)19-18-20-15(13-9-6-5-7-10-13)16(25-18)17(22)24-4-2/h5-7,9-10H,3-4,8,11-12H2,1-2H3,(H,19,20,21). The van der Waals surface area contributed by atoms with Gasteiger partial charge in [-0.05, 0) is 20.3 Å². The first-order valence-corrected chi connectivity index (χ1v) is 9.08. The minimum absolute atomic E-state index is 0.150. The number of esters is 1. The average Bonchev–Trinajstić information content (AvgIpc) is 3.03. The minimum Gasteiger partial charge on any atom is -0.462 e. The molecule has 1 aromatic heterocycles. The quantitative estimate of drug-likeness (QED) is 0.543. The molecule has 0 aliphatic carbocycles. The number of anilines is 1. The Morgan fingerprint density at radius 3 is 2.60 bits per heavy atom. The predicted octanol–water partition coefficient (Wildman–Crippen LogP) is 3.74. The third-order valence-electron chi connectivity index (χ3n) is 3.28. The molecule has 0 radical (unpaired) electrons. The number of nitrogens with zero attached hydrogens (tertiary/aromatic N) is 1. The lowest BCUT2D eigenvalue weighted by atomic mass is 10.1. The maximum Gasteiger partial charge on any atom is 0.350 e. The Bertz CT molecular complexity index is 700. The molecule has 1 amide bonds. The summed E-state index contributed by atoms with van der Waals surface area (Å²) in [6.45, 7) is 5.13. The van der Waals surface area contributed by atoms with Crippen LogP contribution in [0, 0.1) is 0 Å². The van der Waals surface area contributed by atoms with E-state index in [0.717, 1.165) is 16.9 Å². The fraction of sp³-hybridized carbons (Fsp3) is 0.389. The third-order valence-corrected chi connectivity index (χ3v) is 4.23. The van der Waals surface area contributed by atoms with Gasteiger partial charge in [-0.2, -0.15) is 0 Å². The van der Waals surface area contributed by atoms with Crippen molar-refractivity contribution >= 4 is 28.3 Å². The van der Waals surface area contributed by atoms with Gasteiger partial charge in [-0.1, -0.05) is 41.7 Å². The summed E-state index contributed by atoms with van der Waals surface area (Å²) < 4.78 is 10.3. The molecule has 0 bridgehead atoms. The maximum atomic E-state index is 12.2. The highest BCUT2D eigenvalue weighted by molar-refractivity contribution is 7.18. The van der Waals surface area contributed by atoms with Crippen molar-refractivity contribution in [2.24, 2.45) is 0 Å². The molecule has 0 aliphatic heterocycles. The van der Waals surface area contributed by atoms with Crippen LogP contribution in [0.15, 0.2) is 30.3 Å². The van der Waals surface area contributed by atoms with E-state index in [2.05, 4.69) is 10.3 Å². The predicted molar refractivity (Wildman–Crippen MR) is 97.9 cm³/mol. The lowest BCUT2D eigenvalue weighted by Crippen LogP contribution is -2.12. The second kappa shape index (κ2) is 9.90. The van der Waals surface area contributed by atoms with Crippen LogP contribution in [0.25, 0.3) is 11.3 Å². The van der Waals surface area contributed by atoms with Crippen LogP contribution in [-0.4, -0.2) is 36.7 Å². The van der Waals surface area contributed by atoms with Crippen molar-refractivity contribution in [1.29, 1.82) is 0 Å². The van der Waals surface area contributed by atoms with Gasteiger partial charge in [0.2, 0.25) is 5.91 Å². The molecule has 0 fully saturated rings. The molecule has 0 saturated carbocycles. The molecule has 0 spiro atoms. The van der Waals surface area contributed by atoms with Gasteiger partial charge in [-0.3, -0.25) is 4.79 Å². The van der Waals surface area contributed by atoms with Crippen LogP contribution in [0.5, 0.6) is 0 Å². The molecule has 7 heteroatoms. The Hall–Kier alpha value is -2.25. The fourth-order valence-corrected chi connectivity index (χ4v) is 3.06. The number of benzene rings is 1. The number of ether oxygens (including phenoxy) is 2. The lowest BCUT2D eigenvalue weighted by molar-refractivity contribution is -0.116. The summed E-state index contributed by atoms with van der Waals surface area (Å²) >= 11 is 1.13. The minimum atomic E-state index is -0.435. The van der Waals surface area contributed by atoms with Crippen molar-refractivity contribution in [1.82, 2.24) is 4.98 Å². The molecule has 1 aromatic carbocycles. The first-order valence-electron chi connectivity index (χ1n) is 8.26. The second-order valence-corrected chi connectivity index (χ2v) is 6.13. The largest absolute Gasteiger partial charge is 0.462 e. The van der Waals surface area contributed by atoms with Gasteiger partial charge in [0, 0.05) is 25.2 Å². The maximum absolute atomic E-state index is 12.2. The number of rotatable bonds is 9. The Balaban J connectivity index is 2.14. The fourth-order valence-electron chi connectivity index (χ4n) is 2.16. The summed E-state index contributed by atoms with van der Waals surface area (Å²) in [5.41, 5.74) is 1.33. The van der Waals surface area contributed by atoms with Crippen LogP contribution >= 0.6 is 11.3 Å². The van der Waals surface area contributed by atoms with E-state index in [1.165, 1.54) is 0 Å². The highest BCUT2D eigenvalue weighted by Gasteiger charge is 2.21. The first-order chi connectivity index (χ1) is 12.2. The summed E-state index contributed by atoms with van der Waals surface area (Å²) in [5.74, 6) is -0.584. The Morgan fingerprint density at radius 1 is 1.16 bits per heavy atom. The van der Waals surface area contributed by atoms with E-state index < -0.39 is 5.97 Å². The van der Waals surface area contributed by atoms with Gasteiger partial charge in [-0.15, -0.1) is 0 Å². The van der Waals surface area contributed by atoms with Gasteiger partial charge in [-0.25, -0.2) is 9.78 Å². The molecule has 1 heterocycles. The normalized spacial score (nSPS) is 10.5. The van der Waals surface area contributed by atoms with Crippen molar-refractivity contribution in [2.75, 3.05) is 25.1 Å². The van der Waals surface area contributed by atoms with Crippen molar-refractivity contribution < 1.29 is 19.1 Å². The zero-order chi connectivity index (χ0) is 18.1. The lowest BCUT2D eigenvalue weighted by Gasteiger charge is -2.02. The van der Waals surface area contributed by atoms with Gasteiger partial charge in [0.15, 0.2) is 5.13 Å². The molecule has 6 nitrogen and oxygen atoms in total. The number of nitrogens with one attached hydrogen (secondary N) is 1. The van der Waals surface area contributed by atoms with Gasteiger partial charge in [0.05, 0.1) is 12.3 Å². The summed E-state index contributed by atoms with van der Waals surface area (Å²) in [7, 11) is 0. The second-order valence-electron chi connectivity index (χ2n) is 5.13. The van der Waals surface area contributed by atoms with Crippen molar-refractivity contribution in [3.05, 3.63) is 35.2 Å². The van der Waals surface area contributed by atoms with Crippen molar-refractivity contribution in [3.63, 3.8) is 0 Å². The van der Waals surface area contributed by atoms with Gasteiger partial charge < -0.3 is 14.8 Å². The van der Waals surface area contributed by atoms with E-state index in [0.29, 0.717) is 41.8 Å². The summed E-state index contributed by atoms with van der Waals surface area (Å²) in [6.07, 6.45) is 0.982. The van der Waals surface area contributed by atoms with Crippen LogP contribution in [0.3, 0.4) is 0 Å². The molecule has 2 rings (SSSR count). The molecule has 1 N–H and O–H groups in total. The number of aromatic nitrogens is 1. The molecule has 0 aliphatic rings. The zero-order valence-corrected chi connectivity index (χ0v) is 15.2. The van der Waals surface area contributed by atoms with Crippen LogP contribution in [0.2, 0.25) is 0 Å². The van der Waals surface area contributed by atoms with Crippen LogP contribution in [-0.2, 0) is 14.3 Å². The van der Waals surface area contributed by atoms with Crippen LogP contribution in [0.4, 0.5) is 5.13 Å². The molecular weight excluding hydrogens is 340 g/mol. The zero-order valence-electron chi connectivity index (χ0n) is 14.4. The highest BCUT2D eigenvalue weighted by Crippen LogP contribution is 2.31. The highest BCUT2D eigenvalue weighted by atomic mass is 32.1. The van der Waals surface area contributed by atoms with Gasteiger partial charge in [0.1, 0.15) is 4.88 Å². The average molecular weight is 362 g/mol. The Kier molecular flexibility index (Phi) is 7.56. The van der Waals surface area contributed by atoms with Gasteiger partial charge >= 0.3 is 5.97 Å². The summed E-state index contributed by atoms with van der Waals surface area (Å²) in [6, 6.07) is 9.36. The Labute approximate surface area is 151 Å². The number of thiazole rings is 1. The number of amides is 1. The molecule has 0 unspecified atom stereocenters. The SMILES string of the molecule is CCOCCCC(=O)Nc1nc(-c2ccccc2)c(C(=O)OCC)s1. The molecule has 2 aromatic rings. The van der Waals surface area contributed by atoms with E-state index in [9.17, 15) is 9.59 Å². The first kappa shape index (κ1) is 19.1. The van der Waals surface area contributed by atoms with E-state index in [4.69, 9.17) is 9.47 Å². The number of carbonyl (C=O) groups excluding carboxylic acids is 2. The molecule has 0 atom stereocenters. The van der Waals surface area contributed by atoms with Crippen LogP contribution in [0.1, 0.15) is 36.4 Å². The topological polar surface area (TPSA) is 77.5 Å². The van der Waals surface area contributed by atoms with Crippen molar-refractivity contribution in [3.8, 4) is 11.3 Å². The van der Waals surface area contributed by atoms with Crippen molar-refractivity contribution in [2.45, 2.75) is 26.7 Å². The smallest absolute Gasteiger partial charge is 0.350 e. The molecule has 25 heavy (non-hydrogen) atoms. The van der Waals surface area contributed by atoms with E-state index >= 15 is 0 Å². The monoisotopic (exact) mass is 362 g/mol. The molecule has 0 saturated heterocycles. The Morgan fingerprint density at radius 2 is 1.92 bits per heavy atom. The number of hydrogen-bond donors (Lipinski definition) is 1. The number of carbonyl (C=O) groups is 2. The van der Waals surface area contributed by atoms with Crippen LogP contribution < -0.4 is 5.32 Å². The summed E-state index contributed by atoms with van der Waals surface area (Å²) in [4.78, 5) is 29.0. The third kappa shape index (κ3) is 5.65.